The number of carbonyl (C=O) groups is 2. The maximum absolute atomic E-state index is 13.2. The topological polar surface area (TPSA) is 80.1 Å². The molecule has 7 nitrogen and oxygen atoms in total. The van der Waals surface area contributed by atoms with E-state index in [1.165, 1.54) is 0 Å². The van der Waals surface area contributed by atoms with Gasteiger partial charge in [-0.2, -0.15) is 5.10 Å². The van der Waals surface area contributed by atoms with Gasteiger partial charge in [0.1, 0.15) is 5.82 Å². The van der Waals surface area contributed by atoms with Crippen LogP contribution in [0.4, 0.5) is 5.82 Å². The molecule has 1 unspecified atom stereocenters. The van der Waals surface area contributed by atoms with E-state index in [0.717, 1.165) is 29.9 Å². The van der Waals surface area contributed by atoms with Crippen LogP contribution in [0.25, 0.3) is 5.69 Å². The van der Waals surface area contributed by atoms with Crippen molar-refractivity contribution < 1.29 is 9.59 Å². The summed E-state index contributed by atoms with van der Waals surface area (Å²) in [7, 11) is 0. The summed E-state index contributed by atoms with van der Waals surface area (Å²) in [4.78, 5) is 32.0. The first-order valence-electron chi connectivity index (χ1n) is 10.3. The van der Waals surface area contributed by atoms with Crippen molar-refractivity contribution in [3.05, 3.63) is 70.6 Å². The lowest BCUT2D eigenvalue weighted by Gasteiger charge is -2.32. The molecule has 1 aromatic carbocycles. The summed E-state index contributed by atoms with van der Waals surface area (Å²) in [6.45, 7) is 4.73. The minimum atomic E-state index is -0.275. The Balaban J connectivity index is 1.47. The summed E-state index contributed by atoms with van der Waals surface area (Å²) < 4.78 is 1.71. The van der Waals surface area contributed by atoms with Crippen LogP contribution in [0.1, 0.15) is 34.6 Å². The molecule has 1 saturated heterocycles. The van der Waals surface area contributed by atoms with Crippen molar-refractivity contribution in [1.82, 2.24) is 19.7 Å². The van der Waals surface area contributed by atoms with Gasteiger partial charge in [0.2, 0.25) is 5.91 Å². The van der Waals surface area contributed by atoms with Gasteiger partial charge >= 0.3 is 0 Å². The van der Waals surface area contributed by atoms with E-state index in [1.807, 2.05) is 38.1 Å². The lowest BCUT2D eigenvalue weighted by atomic mass is 9.96. The van der Waals surface area contributed by atoms with E-state index >= 15 is 0 Å². The van der Waals surface area contributed by atoms with Crippen LogP contribution in [-0.4, -0.2) is 44.6 Å². The average molecular weight is 438 g/mol. The molecule has 1 atom stereocenters. The second kappa shape index (κ2) is 8.89. The van der Waals surface area contributed by atoms with Gasteiger partial charge in [-0.05, 0) is 57.0 Å². The Morgan fingerprint density at radius 1 is 1.16 bits per heavy atom. The molecule has 0 spiro atoms. The molecule has 3 heterocycles. The molecule has 0 aliphatic carbocycles. The van der Waals surface area contributed by atoms with Crippen LogP contribution in [0.15, 0.2) is 48.7 Å². The average Bonchev–Trinajstić information content (AvgIpc) is 3.14. The van der Waals surface area contributed by atoms with Gasteiger partial charge in [-0.1, -0.05) is 23.7 Å². The monoisotopic (exact) mass is 437 g/mol. The lowest BCUT2D eigenvalue weighted by Crippen LogP contribution is -2.44. The van der Waals surface area contributed by atoms with Crippen LogP contribution in [0.2, 0.25) is 5.02 Å². The number of anilines is 1. The zero-order valence-electron chi connectivity index (χ0n) is 17.5. The standard InChI is InChI=1S/C23H24ClN5O2/c1-15-6-3-10-21(26-15)27-22(30)17-7-5-11-28(14-17)23(31)20-13-25-29(16(20)2)19-9-4-8-18(24)12-19/h3-4,6,8-10,12-13,17H,5,7,11,14H2,1-2H3,(H,26,27,30). The number of piperidine rings is 1. The molecule has 1 aliphatic heterocycles. The van der Waals surface area contributed by atoms with E-state index in [9.17, 15) is 9.59 Å². The molecule has 8 heteroatoms. The van der Waals surface area contributed by atoms with Crippen LogP contribution in [0, 0.1) is 19.8 Å². The Bertz CT molecular complexity index is 1130. The van der Waals surface area contributed by atoms with Crippen LogP contribution >= 0.6 is 11.6 Å². The van der Waals surface area contributed by atoms with Gasteiger partial charge < -0.3 is 10.2 Å². The minimum Gasteiger partial charge on any atom is -0.338 e. The zero-order valence-corrected chi connectivity index (χ0v) is 18.3. The molecular weight excluding hydrogens is 414 g/mol. The highest BCUT2D eigenvalue weighted by Gasteiger charge is 2.30. The smallest absolute Gasteiger partial charge is 0.257 e. The van der Waals surface area contributed by atoms with Gasteiger partial charge in [-0.15, -0.1) is 0 Å². The molecule has 0 saturated carbocycles. The van der Waals surface area contributed by atoms with Crippen molar-refractivity contribution in [2.24, 2.45) is 5.92 Å². The van der Waals surface area contributed by atoms with Crippen molar-refractivity contribution >= 4 is 29.2 Å². The summed E-state index contributed by atoms with van der Waals surface area (Å²) in [5.74, 6) is 0.0364. The fraction of sp³-hybridized carbons (Fsp3) is 0.304. The largest absolute Gasteiger partial charge is 0.338 e. The van der Waals surface area contributed by atoms with Crippen LogP contribution in [0.5, 0.6) is 0 Å². The third-order valence-corrected chi connectivity index (χ3v) is 5.75. The first-order chi connectivity index (χ1) is 14.9. The fourth-order valence-corrected chi connectivity index (χ4v) is 4.06. The highest BCUT2D eigenvalue weighted by Crippen LogP contribution is 2.23. The second-order valence-electron chi connectivity index (χ2n) is 7.78. The van der Waals surface area contributed by atoms with E-state index in [0.29, 0.717) is 29.5 Å². The van der Waals surface area contributed by atoms with Crippen molar-refractivity contribution in [1.29, 1.82) is 0 Å². The van der Waals surface area contributed by atoms with Gasteiger partial charge in [0.05, 0.1) is 29.1 Å². The third-order valence-electron chi connectivity index (χ3n) is 5.51. The summed E-state index contributed by atoms with van der Waals surface area (Å²) in [6, 6.07) is 12.8. The summed E-state index contributed by atoms with van der Waals surface area (Å²) in [5.41, 5.74) is 2.90. The molecule has 3 aromatic rings. The van der Waals surface area contributed by atoms with Gasteiger partial charge in [0.25, 0.3) is 5.91 Å². The Morgan fingerprint density at radius 2 is 1.97 bits per heavy atom. The van der Waals surface area contributed by atoms with E-state index < -0.39 is 0 Å². The number of hydrogen-bond acceptors (Lipinski definition) is 4. The predicted octanol–water partition coefficient (Wildman–Crippen LogP) is 4.03. The number of aromatic nitrogens is 3. The number of nitrogens with zero attached hydrogens (tertiary/aromatic N) is 4. The number of likely N-dealkylation sites (tertiary alicyclic amines) is 1. The quantitative estimate of drug-likeness (QED) is 0.668. The Morgan fingerprint density at radius 3 is 2.74 bits per heavy atom. The number of aryl methyl sites for hydroxylation is 1. The number of nitrogens with one attached hydrogen (secondary N) is 1. The van der Waals surface area contributed by atoms with E-state index in [4.69, 9.17) is 11.6 Å². The SMILES string of the molecule is Cc1cccc(NC(=O)C2CCCN(C(=O)c3cnn(-c4cccc(Cl)c4)c3C)C2)n1. The van der Waals surface area contributed by atoms with Crippen LogP contribution in [-0.2, 0) is 4.79 Å². The molecular formula is C23H24ClN5O2. The molecule has 160 valence electrons. The Labute approximate surface area is 186 Å². The number of hydrogen-bond donors (Lipinski definition) is 1. The number of benzene rings is 1. The number of rotatable bonds is 4. The van der Waals surface area contributed by atoms with Crippen LogP contribution in [0.3, 0.4) is 0 Å². The first kappa shape index (κ1) is 21.1. The van der Waals surface area contributed by atoms with E-state index in [2.05, 4.69) is 15.4 Å². The Kier molecular flexibility index (Phi) is 6.04. The molecule has 1 fully saturated rings. The van der Waals surface area contributed by atoms with Gasteiger partial charge in [-0.3, -0.25) is 9.59 Å². The fourth-order valence-electron chi connectivity index (χ4n) is 3.87. The number of carbonyl (C=O) groups excluding carboxylic acids is 2. The van der Waals surface area contributed by atoms with Gasteiger partial charge in [-0.25, -0.2) is 9.67 Å². The normalized spacial score (nSPS) is 16.2. The number of halogens is 1. The van der Waals surface area contributed by atoms with E-state index in [1.54, 1.807) is 34.0 Å². The molecule has 31 heavy (non-hydrogen) atoms. The third kappa shape index (κ3) is 4.61. The van der Waals surface area contributed by atoms with Crippen molar-refractivity contribution in [3.63, 3.8) is 0 Å². The molecule has 0 radical (unpaired) electrons. The maximum atomic E-state index is 13.2. The molecule has 2 amide bonds. The van der Waals surface area contributed by atoms with Crippen molar-refractivity contribution in [2.75, 3.05) is 18.4 Å². The highest BCUT2D eigenvalue weighted by atomic mass is 35.5. The minimum absolute atomic E-state index is 0.109. The molecule has 1 aliphatic rings. The number of pyridine rings is 1. The maximum Gasteiger partial charge on any atom is 0.257 e. The highest BCUT2D eigenvalue weighted by molar-refractivity contribution is 6.30. The molecule has 2 aromatic heterocycles. The number of amides is 2. The zero-order chi connectivity index (χ0) is 22.0. The molecule has 0 bridgehead atoms. The Hall–Kier alpha value is -3.19. The predicted molar refractivity (Wildman–Crippen MR) is 120 cm³/mol. The van der Waals surface area contributed by atoms with Crippen LogP contribution < -0.4 is 5.32 Å². The summed E-state index contributed by atoms with van der Waals surface area (Å²) >= 11 is 6.09. The summed E-state index contributed by atoms with van der Waals surface area (Å²) in [6.07, 6.45) is 3.09. The molecule has 4 rings (SSSR count). The van der Waals surface area contributed by atoms with Crippen molar-refractivity contribution in [3.8, 4) is 5.69 Å². The van der Waals surface area contributed by atoms with Crippen molar-refractivity contribution in [2.45, 2.75) is 26.7 Å². The second-order valence-corrected chi connectivity index (χ2v) is 8.22. The van der Waals surface area contributed by atoms with Gasteiger partial charge in [0.15, 0.2) is 0 Å². The molecule has 1 N–H and O–H groups in total. The lowest BCUT2D eigenvalue weighted by molar-refractivity contribution is -0.121. The first-order valence-corrected chi connectivity index (χ1v) is 10.6. The van der Waals surface area contributed by atoms with E-state index in [-0.39, 0.29) is 17.7 Å². The van der Waals surface area contributed by atoms with Gasteiger partial charge in [0, 0.05) is 23.8 Å². The summed E-state index contributed by atoms with van der Waals surface area (Å²) in [5, 5.41) is 7.87.